The quantitative estimate of drug-likeness (QED) is 0.725. The molecule has 0 unspecified atom stereocenters. The molecule has 1 aromatic carbocycles. The van der Waals surface area contributed by atoms with Gasteiger partial charge in [-0.25, -0.2) is 0 Å². The second kappa shape index (κ2) is 5.95. The van der Waals surface area contributed by atoms with Gasteiger partial charge < -0.3 is 21.1 Å². The Morgan fingerprint density at radius 2 is 2.29 bits per heavy atom. The maximum Gasteiger partial charge on any atom is 0.262 e. The van der Waals surface area contributed by atoms with Crippen LogP contribution in [0, 0.1) is 0 Å². The van der Waals surface area contributed by atoms with Crippen molar-refractivity contribution >= 4 is 50.2 Å². The molecule has 1 aliphatic heterocycles. The summed E-state index contributed by atoms with van der Waals surface area (Å²) in [6, 6.07) is 7.69. The van der Waals surface area contributed by atoms with Crippen molar-refractivity contribution in [3.63, 3.8) is 0 Å². The molecule has 2 heterocycles. The van der Waals surface area contributed by atoms with Crippen molar-refractivity contribution < 1.29 is 9.53 Å². The molecule has 3 rings (SSSR count). The lowest BCUT2D eigenvalue weighted by molar-refractivity contribution is -0.118. The van der Waals surface area contributed by atoms with E-state index < -0.39 is 0 Å². The minimum atomic E-state index is -0.151. The van der Waals surface area contributed by atoms with Crippen LogP contribution in [0.2, 0.25) is 0 Å². The lowest BCUT2D eigenvalue weighted by Crippen LogP contribution is -2.25. The number of hydrogen-bond acceptors (Lipinski definition) is 5. The van der Waals surface area contributed by atoms with E-state index in [1.807, 2.05) is 12.1 Å². The molecule has 0 aliphatic carbocycles. The topological polar surface area (TPSA) is 76.4 Å². The van der Waals surface area contributed by atoms with E-state index in [4.69, 9.17) is 10.5 Å². The van der Waals surface area contributed by atoms with Crippen molar-refractivity contribution in [3.05, 3.63) is 32.9 Å². The standard InChI is InChI=1S/C14H14BrN3O2S/c15-13-2-1-8(21-13)3-4-17-10-6-11-12(5-9(10)16)20-7-14(19)18-11/h1-2,5-6,17H,3-4,7,16H2,(H,18,19). The van der Waals surface area contributed by atoms with Gasteiger partial charge in [-0.2, -0.15) is 0 Å². The van der Waals surface area contributed by atoms with Gasteiger partial charge in [-0.3, -0.25) is 4.79 Å². The highest BCUT2D eigenvalue weighted by molar-refractivity contribution is 9.11. The number of nitrogen functional groups attached to an aromatic ring is 1. The minimum Gasteiger partial charge on any atom is -0.482 e. The number of anilines is 3. The van der Waals surface area contributed by atoms with Gasteiger partial charge in [0.1, 0.15) is 5.75 Å². The molecule has 7 heteroatoms. The maximum absolute atomic E-state index is 11.3. The number of carbonyl (C=O) groups excluding carboxylic acids is 1. The van der Waals surface area contributed by atoms with Crippen LogP contribution in [0.25, 0.3) is 0 Å². The number of fused-ring (bicyclic) bond motifs is 1. The van der Waals surface area contributed by atoms with Crippen molar-refractivity contribution in [2.24, 2.45) is 0 Å². The van der Waals surface area contributed by atoms with E-state index in [0.29, 0.717) is 17.1 Å². The number of amides is 1. The van der Waals surface area contributed by atoms with Crippen molar-refractivity contribution in [2.75, 3.05) is 29.5 Å². The zero-order valence-corrected chi connectivity index (χ0v) is 13.5. The highest BCUT2D eigenvalue weighted by atomic mass is 79.9. The average molecular weight is 368 g/mol. The van der Waals surface area contributed by atoms with Crippen LogP contribution in [0.4, 0.5) is 17.1 Å². The van der Waals surface area contributed by atoms with Gasteiger partial charge in [-0.15, -0.1) is 11.3 Å². The molecule has 2 aromatic rings. The van der Waals surface area contributed by atoms with E-state index in [1.165, 1.54) is 4.88 Å². The third-order valence-corrected chi connectivity index (χ3v) is 4.78. The number of rotatable bonds is 4. The zero-order chi connectivity index (χ0) is 14.8. The summed E-state index contributed by atoms with van der Waals surface area (Å²) in [7, 11) is 0. The van der Waals surface area contributed by atoms with Crippen molar-refractivity contribution in [3.8, 4) is 5.75 Å². The van der Waals surface area contributed by atoms with E-state index in [2.05, 4.69) is 32.6 Å². The molecule has 0 fully saturated rings. The van der Waals surface area contributed by atoms with Gasteiger partial charge in [0, 0.05) is 17.5 Å². The number of carbonyl (C=O) groups is 1. The second-order valence-corrected chi connectivity index (χ2v) is 7.20. The third-order valence-electron chi connectivity index (χ3n) is 3.10. The summed E-state index contributed by atoms with van der Waals surface area (Å²) in [5.74, 6) is 0.460. The Bertz CT molecular complexity index is 687. The van der Waals surface area contributed by atoms with Crippen molar-refractivity contribution in [2.45, 2.75) is 6.42 Å². The van der Waals surface area contributed by atoms with Crippen LogP contribution in [0.1, 0.15) is 4.88 Å². The maximum atomic E-state index is 11.3. The molecular weight excluding hydrogens is 354 g/mol. The Hall–Kier alpha value is -1.73. The zero-order valence-electron chi connectivity index (χ0n) is 11.1. The van der Waals surface area contributed by atoms with Crippen molar-refractivity contribution in [1.29, 1.82) is 0 Å². The third kappa shape index (κ3) is 3.30. The highest BCUT2D eigenvalue weighted by Crippen LogP contribution is 2.35. The molecular formula is C14H14BrN3O2S. The summed E-state index contributed by atoms with van der Waals surface area (Å²) in [5.41, 5.74) is 8.07. The van der Waals surface area contributed by atoms with Crippen LogP contribution < -0.4 is 21.1 Å². The number of benzene rings is 1. The van der Waals surface area contributed by atoms with Crippen molar-refractivity contribution in [1.82, 2.24) is 0 Å². The fourth-order valence-corrected chi connectivity index (χ4v) is 3.58. The molecule has 0 atom stereocenters. The summed E-state index contributed by atoms with van der Waals surface area (Å²) in [6.07, 6.45) is 0.912. The first-order chi connectivity index (χ1) is 10.1. The normalized spacial score (nSPS) is 13.3. The van der Waals surface area contributed by atoms with Crippen LogP contribution in [0.3, 0.4) is 0 Å². The Balaban J connectivity index is 1.67. The summed E-state index contributed by atoms with van der Waals surface area (Å²) in [4.78, 5) is 12.6. The lowest BCUT2D eigenvalue weighted by Gasteiger charge is -2.20. The molecule has 0 saturated heterocycles. The Kier molecular flexibility index (Phi) is 4.03. The molecule has 110 valence electrons. The van der Waals surface area contributed by atoms with Crippen LogP contribution in [0.5, 0.6) is 5.75 Å². The van der Waals surface area contributed by atoms with Crippen LogP contribution >= 0.6 is 27.3 Å². The molecule has 1 aliphatic rings. The monoisotopic (exact) mass is 367 g/mol. The number of nitrogens with two attached hydrogens (primary N) is 1. The van der Waals surface area contributed by atoms with Crippen LogP contribution in [-0.2, 0) is 11.2 Å². The first-order valence-corrected chi connectivity index (χ1v) is 8.07. The SMILES string of the molecule is Nc1cc2c(cc1NCCc1ccc(Br)s1)NC(=O)CO2. The number of ether oxygens (including phenoxy) is 1. The first-order valence-electron chi connectivity index (χ1n) is 6.46. The number of thiophene rings is 1. The molecule has 0 radical (unpaired) electrons. The van der Waals surface area contributed by atoms with E-state index in [9.17, 15) is 4.79 Å². The van der Waals surface area contributed by atoms with Gasteiger partial charge in [-0.1, -0.05) is 0 Å². The largest absolute Gasteiger partial charge is 0.482 e. The van der Waals surface area contributed by atoms with Gasteiger partial charge in [0.05, 0.1) is 20.8 Å². The van der Waals surface area contributed by atoms with Gasteiger partial charge in [0.2, 0.25) is 0 Å². The van der Waals surface area contributed by atoms with E-state index in [-0.39, 0.29) is 12.5 Å². The van der Waals surface area contributed by atoms with Crippen LogP contribution in [0.15, 0.2) is 28.1 Å². The molecule has 1 aromatic heterocycles. The fourth-order valence-electron chi connectivity index (χ4n) is 2.10. The first kappa shape index (κ1) is 14.2. The number of nitrogens with one attached hydrogen (secondary N) is 2. The minimum absolute atomic E-state index is 0.0342. The Morgan fingerprint density at radius 3 is 3.05 bits per heavy atom. The van der Waals surface area contributed by atoms with E-state index in [0.717, 1.165) is 22.4 Å². The summed E-state index contributed by atoms with van der Waals surface area (Å²) < 4.78 is 6.45. The summed E-state index contributed by atoms with van der Waals surface area (Å²) in [6.45, 7) is 0.803. The molecule has 1 amide bonds. The van der Waals surface area contributed by atoms with Gasteiger partial charge in [-0.05, 0) is 40.5 Å². The van der Waals surface area contributed by atoms with Gasteiger partial charge in [0.15, 0.2) is 6.61 Å². The summed E-state index contributed by atoms with van der Waals surface area (Å²) >= 11 is 5.17. The number of halogens is 1. The Labute approximate surface area is 134 Å². The molecule has 0 bridgehead atoms. The van der Waals surface area contributed by atoms with Gasteiger partial charge in [0.25, 0.3) is 5.91 Å². The molecule has 0 spiro atoms. The summed E-state index contributed by atoms with van der Waals surface area (Å²) in [5, 5.41) is 6.07. The van der Waals surface area contributed by atoms with Gasteiger partial charge >= 0.3 is 0 Å². The molecule has 21 heavy (non-hydrogen) atoms. The molecule has 0 saturated carbocycles. The predicted molar refractivity (Wildman–Crippen MR) is 89.2 cm³/mol. The molecule has 4 N–H and O–H groups in total. The van der Waals surface area contributed by atoms with E-state index in [1.54, 1.807) is 17.4 Å². The second-order valence-electron chi connectivity index (χ2n) is 4.66. The average Bonchev–Trinajstić information content (AvgIpc) is 2.85. The molecule has 5 nitrogen and oxygen atoms in total. The fraction of sp³-hybridized carbons (Fsp3) is 0.214. The lowest BCUT2D eigenvalue weighted by atomic mass is 10.2. The smallest absolute Gasteiger partial charge is 0.262 e. The van der Waals surface area contributed by atoms with E-state index >= 15 is 0 Å². The Morgan fingerprint density at radius 1 is 1.43 bits per heavy atom. The number of hydrogen-bond donors (Lipinski definition) is 3. The van der Waals surface area contributed by atoms with Crippen LogP contribution in [-0.4, -0.2) is 19.1 Å². The predicted octanol–water partition coefficient (Wildman–Crippen LogP) is 3.08. The highest BCUT2D eigenvalue weighted by Gasteiger charge is 2.17.